The summed E-state index contributed by atoms with van der Waals surface area (Å²) < 4.78 is 5.09. The lowest BCUT2D eigenvalue weighted by atomic mass is 10.1. The summed E-state index contributed by atoms with van der Waals surface area (Å²) in [6.07, 6.45) is 0. The van der Waals surface area contributed by atoms with Gasteiger partial charge in [0.2, 0.25) is 11.8 Å². The van der Waals surface area contributed by atoms with Crippen LogP contribution in [0.15, 0.2) is 24.3 Å². The van der Waals surface area contributed by atoms with Crippen molar-refractivity contribution in [1.29, 1.82) is 0 Å². The maximum absolute atomic E-state index is 11.9. The fourth-order valence-corrected chi connectivity index (χ4v) is 1.86. The summed E-state index contributed by atoms with van der Waals surface area (Å²) in [7, 11) is 1.60. The first-order valence-corrected chi connectivity index (χ1v) is 7.31. The summed E-state index contributed by atoms with van der Waals surface area (Å²) in [6.45, 7) is 5.51. The zero-order valence-electron chi connectivity index (χ0n) is 14.0. The van der Waals surface area contributed by atoms with Crippen LogP contribution >= 0.6 is 12.4 Å². The highest BCUT2D eigenvalue weighted by molar-refractivity contribution is 5.87. The molecular weight excluding hydrogens is 318 g/mol. The Morgan fingerprint density at radius 3 is 2.22 bits per heavy atom. The van der Waals surface area contributed by atoms with E-state index in [0.29, 0.717) is 0 Å². The Morgan fingerprint density at radius 2 is 1.74 bits per heavy atom. The van der Waals surface area contributed by atoms with Crippen molar-refractivity contribution in [2.24, 2.45) is 11.7 Å². The van der Waals surface area contributed by atoms with Crippen LogP contribution in [0.1, 0.15) is 32.4 Å². The summed E-state index contributed by atoms with van der Waals surface area (Å²) in [4.78, 5) is 23.5. The van der Waals surface area contributed by atoms with Crippen LogP contribution in [-0.4, -0.2) is 31.5 Å². The van der Waals surface area contributed by atoms with E-state index in [0.717, 1.165) is 11.3 Å². The second-order valence-corrected chi connectivity index (χ2v) is 5.55. The number of nitrogens with one attached hydrogen (secondary N) is 2. The standard InChI is InChI=1S/C16H25N3O3.ClH/c1-10(2)15(17)16(21)18-9-14(20)19-11(3)12-5-7-13(22-4)8-6-12;/h5-8,10-11,15H,9,17H2,1-4H3,(H,18,21)(H,19,20);1H/t11?,15-;/m0./s1. The second-order valence-electron chi connectivity index (χ2n) is 5.55. The van der Waals surface area contributed by atoms with Crippen molar-refractivity contribution in [3.8, 4) is 5.75 Å². The van der Waals surface area contributed by atoms with Crippen LogP contribution in [0.4, 0.5) is 0 Å². The third-order valence-electron chi connectivity index (χ3n) is 3.44. The van der Waals surface area contributed by atoms with E-state index in [4.69, 9.17) is 10.5 Å². The largest absolute Gasteiger partial charge is 0.497 e. The zero-order valence-corrected chi connectivity index (χ0v) is 14.8. The summed E-state index contributed by atoms with van der Waals surface area (Å²) in [5.74, 6) is 0.216. The number of hydrogen-bond acceptors (Lipinski definition) is 4. The molecule has 0 aromatic heterocycles. The van der Waals surface area contributed by atoms with Gasteiger partial charge in [0.15, 0.2) is 0 Å². The number of carbonyl (C=O) groups is 2. The second kappa shape index (κ2) is 10.1. The third kappa shape index (κ3) is 6.88. The van der Waals surface area contributed by atoms with Gasteiger partial charge in [-0.15, -0.1) is 12.4 Å². The minimum absolute atomic E-state index is 0. The lowest BCUT2D eigenvalue weighted by molar-refractivity contribution is -0.127. The van der Waals surface area contributed by atoms with Gasteiger partial charge in [-0.1, -0.05) is 26.0 Å². The first-order valence-electron chi connectivity index (χ1n) is 7.31. The molecule has 0 heterocycles. The Bertz CT molecular complexity index is 506. The number of halogens is 1. The lowest BCUT2D eigenvalue weighted by Gasteiger charge is -2.17. The number of hydrogen-bond donors (Lipinski definition) is 3. The van der Waals surface area contributed by atoms with Crippen molar-refractivity contribution >= 4 is 24.2 Å². The Balaban J connectivity index is 0.00000484. The smallest absolute Gasteiger partial charge is 0.239 e. The highest BCUT2D eigenvalue weighted by atomic mass is 35.5. The molecule has 1 rings (SSSR count). The number of nitrogens with two attached hydrogens (primary N) is 1. The molecule has 0 spiro atoms. The predicted octanol–water partition coefficient (Wildman–Crippen LogP) is 1.39. The average molecular weight is 344 g/mol. The molecule has 23 heavy (non-hydrogen) atoms. The van der Waals surface area contributed by atoms with E-state index >= 15 is 0 Å². The van der Waals surface area contributed by atoms with Crippen LogP contribution in [0, 0.1) is 5.92 Å². The quantitative estimate of drug-likeness (QED) is 0.697. The van der Waals surface area contributed by atoms with Gasteiger partial charge in [0.25, 0.3) is 0 Å². The minimum atomic E-state index is -0.605. The monoisotopic (exact) mass is 343 g/mol. The van der Waals surface area contributed by atoms with E-state index in [9.17, 15) is 9.59 Å². The van der Waals surface area contributed by atoms with Crippen LogP contribution in [0.2, 0.25) is 0 Å². The van der Waals surface area contributed by atoms with E-state index in [1.807, 2.05) is 45.0 Å². The molecule has 2 atom stereocenters. The van der Waals surface area contributed by atoms with Gasteiger partial charge in [0.1, 0.15) is 5.75 Å². The molecule has 130 valence electrons. The van der Waals surface area contributed by atoms with E-state index < -0.39 is 6.04 Å². The number of amides is 2. The molecule has 1 aromatic carbocycles. The molecular formula is C16H26ClN3O3. The third-order valence-corrected chi connectivity index (χ3v) is 3.44. The summed E-state index contributed by atoms with van der Waals surface area (Å²) in [5.41, 5.74) is 6.67. The summed E-state index contributed by atoms with van der Waals surface area (Å²) >= 11 is 0. The molecule has 0 fully saturated rings. The maximum Gasteiger partial charge on any atom is 0.239 e. The number of carbonyl (C=O) groups excluding carboxylic acids is 2. The maximum atomic E-state index is 11.9. The Kier molecular flexibility index (Phi) is 9.29. The molecule has 0 radical (unpaired) electrons. The molecule has 0 saturated heterocycles. The van der Waals surface area contributed by atoms with Crippen LogP contribution in [0.5, 0.6) is 5.75 Å². The van der Waals surface area contributed by atoms with Crippen molar-refractivity contribution in [3.63, 3.8) is 0 Å². The van der Waals surface area contributed by atoms with E-state index in [1.54, 1.807) is 7.11 Å². The number of benzene rings is 1. The molecule has 0 aliphatic heterocycles. The molecule has 7 heteroatoms. The highest BCUT2D eigenvalue weighted by Crippen LogP contribution is 2.16. The molecule has 1 aromatic rings. The first-order chi connectivity index (χ1) is 10.3. The molecule has 4 N–H and O–H groups in total. The molecule has 0 saturated carbocycles. The van der Waals surface area contributed by atoms with E-state index in [1.165, 1.54) is 0 Å². The number of rotatable bonds is 7. The molecule has 0 bridgehead atoms. The lowest BCUT2D eigenvalue weighted by Crippen LogP contribution is -2.47. The molecule has 2 amide bonds. The van der Waals surface area contributed by atoms with Crippen LogP contribution in [0.3, 0.4) is 0 Å². The topological polar surface area (TPSA) is 93.5 Å². The van der Waals surface area contributed by atoms with Gasteiger partial charge < -0.3 is 21.1 Å². The number of ether oxygens (including phenoxy) is 1. The fourth-order valence-electron chi connectivity index (χ4n) is 1.86. The summed E-state index contributed by atoms with van der Waals surface area (Å²) in [6, 6.07) is 6.68. The zero-order chi connectivity index (χ0) is 16.7. The summed E-state index contributed by atoms with van der Waals surface area (Å²) in [5, 5.41) is 5.36. The van der Waals surface area contributed by atoms with Crippen molar-refractivity contribution in [2.45, 2.75) is 32.9 Å². The Morgan fingerprint density at radius 1 is 1.17 bits per heavy atom. The SMILES string of the molecule is COc1ccc(C(C)NC(=O)CNC(=O)[C@@H](N)C(C)C)cc1.Cl. The van der Waals surface area contributed by atoms with Crippen molar-refractivity contribution < 1.29 is 14.3 Å². The normalized spacial score (nSPS) is 12.8. The highest BCUT2D eigenvalue weighted by Gasteiger charge is 2.18. The van der Waals surface area contributed by atoms with Crippen molar-refractivity contribution in [1.82, 2.24) is 10.6 Å². The van der Waals surface area contributed by atoms with Crippen LogP contribution in [0.25, 0.3) is 0 Å². The van der Waals surface area contributed by atoms with Gasteiger partial charge in [-0.3, -0.25) is 9.59 Å². The van der Waals surface area contributed by atoms with E-state index in [-0.39, 0.29) is 42.7 Å². The fraction of sp³-hybridized carbons (Fsp3) is 0.500. The predicted molar refractivity (Wildman–Crippen MR) is 92.6 cm³/mol. The molecule has 1 unspecified atom stereocenters. The van der Waals surface area contributed by atoms with Crippen LogP contribution < -0.4 is 21.1 Å². The van der Waals surface area contributed by atoms with Gasteiger partial charge in [-0.2, -0.15) is 0 Å². The molecule has 0 aliphatic carbocycles. The van der Waals surface area contributed by atoms with Crippen LogP contribution in [-0.2, 0) is 9.59 Å². The van der Waals surface area contributed by atoms with Gasteiger partial charge in [-0.05, 0) is 30.5 Å². The Labute approximate surface area is 143 Å². The average Bonchev–Trinajstić information content (AvgIpc) is 2.51. The molecule has 6 nitrogen and oxygen atoms in total. The van der Waals surface area contributed by atoms with Gasteiger partial charge in [0, 0.05) is 0 Å². The van der Waals surface area contributed by atoms with Crippen molar-refractivity contribution in [3.05, 3.63) is 29.8 Å². The van der Waals surface area contributed by atoms with Crippen molar-refractivity contribution in [2.75, 3.05) is 13.7 Å². The van der Waals surface area contributed by atoms with Gasteiger partial charge in [-0.25, -0.2) is 0 Å². The van der Waals surface area contributed by atoms with Gasteiger partial charge >= 0.3 is 0 Å². The van der Waals surface area contributed by atoms with E-state index in [2.05, 4.69) is 10.6 Å². The molecule has 0 aliphatic rings. The Hall–Kier alpha value is -1.79. The number of methoxy groups -OCH3 is 1. The van der Waals surface area contributed by atoms with Gasteiger partial charge in [0.05, 0.1) is 25.7 Å². The first kappa shape index (κ1) is 21.2. The minimum Gasteiger partial charge on any atom is -0.497 e.